The van der Waals surface area contributed by atoms with Crippen molar-refractivity contribution in [3.8, 4) is 0 Å². The van der Waals surface area contributed by atoms with Crippen molar-refractivity contribution in [2.45, 2.75) is 31.2 Å². The number of carboxylic acids is 1. The molecule has 0 bridgehead atoms. The van der Waals surface area contributed by atoms with Crippen molar-refractivity contribution in [1.82, 2.24) is 10.6 Å². The minimum atomic E-state index is -3.85. The molecule has 138 valence electrons. The third-order valence-electron chi connectivity index (χ3n) is 3.65. The number of nitrogens with one attached hydrogen (secondary N) is 2. The summed E-state index contributed by atoms with van der Waals surface area (Å²) in [6.07, 6.45) is 0.569. The smallest absolute Gasteiger partial charge is 0.326 e. The first-order valence-corrected chi connectivity index (χ1v) is 9.04. The molecule has 0 saturated carbocycles. The first-order chi connectivity index (χ1) is 11.6. The zero-order chi connectivity index (χ0) is 19.2. The molecule has 0 aliphatic carbocycles. The highest BCUT2D eigenvalue weighted by Gasteiger charge is 2.25. The molecule has 0 spiro atoms. The van der Waals surface area contributed by atoms with Crippen molar-refractivity contribution < 1.29 is 27.9 Å². The quantitative estimate of drug-likeness (QED) is 0.491. The first-order valence-electron chi connectivity index (χ1n) is 7.49. The van der Waals surface area contributed by atoms with E-state index < -0.39 is 40.4 Å². The van der Waals surface area contributed by atoms with Crippen LogP contribution in [0.15, 0.2) is 29.2 Å². The van der Waals surface area contributed by atoms with Gasteiger partial charge < -0.3 is 15.7 Å². The van der Waals surface area contributed by atoms with Gasteiger partial charge in [0, 0.05) is 5.56 Å². The number of primary sulfonamides is 1. The largest absolute Gasteiger partial charge is 0.480 e. The van der Waals surface area contributed by atoms with E-state index in [0.717, 1.165) is 0 Å². The van der Waals surface area contributed by atoms with Gasteiger partial charge >= 0.3 is 5.97 Å². The van der Waals surface area contributed by atoms with Crippen LogP contribution in [-0.2, 0) is 19.6 Å². The monoisotopic (exact) mass is 371 g/mol. The molecular weight excluding hydrogens is 350 g/mol. The average molecular weight is 371 g/mol. The number of carboxylic acid groups (broad SMARTS) is 1. The molecule has 1 aromatic carbocycles. The van der Waals surface area contributed by atoms with Gasteiger partial charge in [0.25, 0.3) is 5.91 Å². The van der Waals surface area contributed by atoms with Crippen molar-refractivity contribution in [3.05, 3.63) is 29.8 Å². The second kappa shape index (κ2) is 8.58. The van der Waals surface area contributed by atoms with Gasteiger partial charge in [0.2, 0.25) is 15.9 Å². The Balaban J connectivity index is 2.63. The fourth-order valence-electron chi connectivity index (χ4n) is 1.97. The summed E-state index contributed by atoms with van der Waals surface area (Å²) in [5.41, 5.74) is 0.136. The SMILES string of the molecule is CCC(C)C(NC(=O)CNC(=O)c1ccc(S(N)(=O)=O)cc1)C(=O)O. The fourth-order valence-corrected chi connectivity index (χ4v) is 2.48. The Hall–Kier alpha value is -2.46. The summed E-state index contributed by atoms with van der Waals surface area (Å²) in [5.74, 6) is -2.65. The van der Waals surface area contributed by atoms with Crippen LogP contribution in [0.2, 0.25) is 0 Å². The molecule has 9 nitrogen and oxygen atoms in total. The maximum absolute atomic E-state index is 11.9. The Labute approximate surface area is 145 Å². The molecule has 10 heteroatoms. The maximum atomic E-state index is 11.9. The second-order valence-corrected chi connectivity index (χ2v) is 7.08. The average Bonchev–Trinajstić information content (AvgIpc) is 2.55. The second-order valence-electron chi connectivity index (χ2n) is 5.52. The van der Waals surface area contributed by atoms with Crippen molar-refractivity contribution >= 4 is 27.8 Å². The van der Waals surface area contributed by atoms with Crippen molar-refractivity contribution in [1.29, 1.82) is 0 Å². The highest BCUT2D eigenvalue weighted by Crippen LogP contribution is 2.09. The Morgan fingerprint density at radius 1 is 1.20 bits per heavy atom. The number of aliphatic carboxylic acids is 1. The molecule has 0 radical (unpaired) electrons. The van der Waals surface area contributed by atoms with E-state index in [1.165, 1.54) is 24.3 Å². The summed E-state index contributed by atoms with van der Waals surface area (Å²) in [5, 5.41) is 18.8. The highest BCUT2D eigenvalue weighted by atomic mass is 32.2. The van der Waals surface area contributed by atoms with Gasteiger partial charge in [-0.3, -0.25) is 9.59 Å². The molecule has 2 amide bonds. The van der Waals surface area contributed by atoms with E-state index in [1.807, 2.05) is 0 Å². The molecule has 1 aromatic rings. The zero-order valence-corrected chi connectivity index (χ0v) is 14.7. The molecule has 0 aliphatic rings. The number of hydrogen-bond acceptors (Lipinski definition) is 5. The van der Waals surface area contributed by atoms with Crippen LogP contribution in [0.3, 0.4) is 0 Å². The lowest BCUT2D eigenvalue weighted by atomic mass is 9.99. The summed E-state index contributed by atoms with van der Waals surface area (Å²) in [7, 11) is -3.85. The number of sulfonamides is 1. The first kappa shape index (κ1) is 20.6. The maximum Gasteiger partial charge on any atom is 0.326 e. The molecule has 1 rings (SSSR count). The van der Waals surface area contributed by atoms with E-state index in [4.69, 9.17) is 10.2 Å². The van der Waals surface area contributed by atoms with Crippen LogP contribution in [0, 0.1) is 5.92 Å². The minimum Gasteiger partial charge on any atom is -0.480 e. The summed E-state index contributed by atoms with van der Waals surface area (Å²) >= 11 is 0. The van der Waals surface area contributed by atoms with Gasteiger partial charge in [-0.1, -0.05) is 20.3 Å². The van der Waals surface area contributed by atoms with E-state index in [9.17, 15) is 22.8 Å². The van der Waals surface area contributed by atoms with Crippen LogP contribution in [-0.4, -0.2) is 43.9 Å². The van der Waals surface area contributed by atoms with E-state index in [0.29, 0.717) is 6.42 Å². The molecule has 25 heavy (non-hydrogen) atoms. The van der Waals surface area contributed by atoms with E-state index in [1.54, 1.807) is 13.8 Å². The molecule has 0 heterocycles. The Morgan fingerprint density at radius 2 is 1.76 bits per heavy atom. The van der Waals surface area contributed by atoms with Gasteiger partial charge in [0.1, 0.15) is 6.04 Å². The van der Waals surface area contributed by atoms with E-state index >= 15 is 0 Å². The number of benzene rings is 1. The van der Waals surface area contributed by atoms with Gasteiger partial charge in [-0.05, 0) is 30.2 Å². The van der Waals surface area contributed by atoms with Crippen molar-refractivity contribution in [2.24, 2.45) is 11.1 Å². The topological polar surface area (TPSA) is 156 Å². The van der Waals surface area contributed by atoms with Crippen molar-refractivity contribution in [2.75, 3.05) is 6.54 Å². The van der Waals surface area contributed by atoms with Crippen LogP contribution in [0.5, 0.6) is 0 Å². The number of amides is 2. The lowest BCUT2D eigenvalue weighted by Crippen LogP contribution is -2.48. The fraction of sp³-hybridized carbons (Fsp3) is 0.400. The number of hydrogen-bond donors (Lipinski definition) is 4. The predicted molar refractivity (Wildman–Crippen MR) is 89.2 cm³/mol. The molecule has 0 saturated heterocycles. The Bertz CT molecular complexity index is 745. The molecule has 0 aliphatic heterocycles. The molecule has 0 aromatic heterocycles. The van der Waals surface area contributed by atoms with Crippen molar-refractivity contribution in [3.63, 3.8) is 0 Å². The number of carbonyl (C=O) groups is 3. The van der Waals surface area contributed by atoms with Crippen LogP contribution in [0.25, 0.3) is 0 Å². The van der Waals surface area contributed by atoms with Gasteiger partial charge in [-0.15, -0.1) is 0 Å². The van der Waals surface area contributed by atoms with Crippen LogP contribution in [0.1, 0.15) is 30.6 Å². The minimum absolute atomic E-state index is 0.136. The lowest BCUT2D eigenvalue weighted by Gasteiger charge is -2.20. The van der Waals surface area contributed by atoms with E-state index in [2.05, 4.69) is 10.6 Å². The van der Waals surface area contributed by atoms with Crippen LogP contribution < -0.4 is 15.8 Å². The molecule has 0 fully saturated rings. The molecule has 5 N–H and O–H groups in total. The molecule has 2 unspecified atom stereocenters. The Morgan fingerprint density at radius 3 is 2.20 bits per heavy atom. The summed E-state index contributed by atoms with van der Waals surface area (Å²) < 4.78 is 22.3. The number of carbonyl (C=O) groups excluding carboxylic acids is 2. The van der Waals surface area contributed by atoms with Crippen LogP contribution >= 0.6 is 0 Å². The number of rotatable bonds is 8. The number of nitrogens with two attached hydrogens (primary N) is 1. The summed E-state index contributed by atoms with van der Waals surface area (Å²) in [4.78, 5) is 34.8. The van der Waals surface area contributed by atoms with E-state index in [-0.39, 0.29) is 16.4 Å². The van der Waals surface area contributed by atoms with Gasteiger partial charge in [-0.2, -0.15) is 0 Å². The van der Waals surface area contributed by atoms with Gasteiger partial charge in [-0.25, -0.2) is 18.4 Å². The summed E-state index contributed by atoms with van der Waals surface area (Å²) in [6, 6.07) is 3.82. The predicted octanol–water partition coefficient (Wildman–Crippen LogP) is -0.321. The highest BCUT2D eigenvalue weighted by molar-refractivity contribution is 7.89. The molecular formula is C15H21N3O6S. The third kappa shape index (κ3) is 6.16. The Kier molecular flexibility index (Phi) is 7.07. The van der Waals surface area contributed by atoms with Gasteiger partial charge in [0.15, 0.2) is 0 Å². The third-order valence-corrected chi connectivity index (χ3v) is 4.58. The van der Waals surface area contributed by atoms with Crippen LogP contribution in [0.4, 0.5) is 0 Å². The standard InChI is InChI=1S/C15H21N3O6S/c1-3-9(2)13(15(21)22)18-12(19)8-17-14(20)10-4-6-11(7-5-10)25(16,23)24/h4-7,9,13H,3,8H2,1-2H3,(H,17,20)(H,18,19)(H,21,22)(H2,16,23,24). The van der Waals surface area contributed by atoms with Gasteiger partial charge in [0.05, 0.1) is 11.4 Å². The zero-order valence-electron chi connectivity index (χ0n) is 13.9. The normalized spacial score (nSPS) is 13.6. The lowest BCUT2D eigenvalue weighted by molar-refractivity contribution is -0.143. The molecule has 2 atom stereocenters. The summed E-state index contributed by atoms with van der Waals surface area (Å²) in [6.45, 7) is 3.10.